The first-order chi connectivity index (χ1) is 13.0. The fraction of sp³-hybridized carbons (Fsp3) is 0.143. The quantitative estimate of drug-likeness (QED) is 0.424. The number of carbonyl (C=O) groups excluding carboxylic acids is 1. The minimum Gasteiger partial charge on any atom is -0.467 e. The molecule has 2 aromatic carbocycles. The number of furan rings is 1. The van der Waals surface area contributed by atoms with Crippen LogP contribution >= 0.6 is 22.9 Å². The lowest BCUT2D eigenvalue weighted by atomic mass is 10.1. The van der Waals surface area contributed by atoms with Gasteiger partial charge in [-0.05, 0) is 73.5 Å². The Hall–Kier alpha value is -2.63. The lowest BCUT2D eigenvalue weighted by Gasteiger charge is -2.18. The maximum atomic E-state index is 13.2. The standard InChI is InChI=1S/C21H17ClN2O2S/c1-13-10-18-19(11-14(13)2)27-21(23-18)24(12-17-4-3-9-26-17)20(25)15-5-7-16(22)8-6-15/h3-11H,12H2,1-2H3. The minimum atomic E-state index is -0.143. The van der Waals surface area contributed by atoms with Gasteiger partial charge in [0.05, 0.1) is 23.0 Å². The summed E-state index contributed by atoms with van der Waals surface area (Å²) in [5.74, 6) is 0.555. The number of benzene rings is 2. The van der Waals surface area contributed by atoms with Crippen molar-refractivity contribution in [1.82, 2.24) is 4.98 Å². The van der Waals surface area contributed by atoms with Gasteiger partial charge in [0.1, 0.15) is 5.76 Å². The minimum absolute atomic E-state index is 0.143. The molecule has 2 heterocycles. The van der Waals surface area contributed by atoms with Gasteiger partial charge in [-0.3, -0.25) is 9.69 Å². The van der Waals surface area contributed by atoms with Crippen molar-refractivity contribution >= 4 is 44.2 Å². The van der Waals surface area contributed by atoms with E-state index in [9.17, 15) is 4.79 Å². The van der Waals surface area contributed by atoms with E-state index in [-0.39, 0.29) is 5.91 Å². The van der Waals surface area contributed by atoms with Crippen molar-refractivity contribution < 1.29 is 9.21 Å². The largest absolute Gasteiger partial charge is 0.467 e. The van der Waals surface area contributed by atoms with Gasteiger partial charge in [-0.25, -0.2) is 4.98 Å². The zero-order chi connectivity index (χ0) is 19.0. The van der Waals surface area contributed by atoms with Crippen LogP contribution in [0.2, 0.25) is 5.02 Å². The highest BCUT2D eigenvalue weighted by Crippen LogP contribution is 2.32. The summed E-state index contributed by atoms with van der Waals surface area (Å²) in [6.07, 6.45) is 1.60. The zero-order valence-corrected chi connectivity index (χ0v) is 16.5. The second kappa shape index (κ2) is 7.18. The first kappa shape index (κ1) is 17.8. The van der Waals surface area contributed by atoms with Crippen molar-refractivity contribution in [2.45, 2.75) is 20.4 Å². The topological polar surface area (TPSA) is 46.3 Å². The van der Waals surface area contributed by atoms with Gasteiger partial charge in [0, 0.05) is 10.6 Å². The molecule has 0 atom stereocenters. The first-order valence-corrected chi connectivity index (χ1v) is 9.68. The Bertz CT molecular complexity index is 1060. The average Bonchev–Trinajstić information content (AvgIpc) is 3.30. The number of aromatic nitrogens is 1. The molecule has 0 bridgehead atoms. The average molecular weight is 397 g/mol. The van der Waals surface area contributed by atoms with E-state index in [1.165, 1.54) is 22.5 Å². The molecule has 1 amide bonds. The van der Waals surface area contributed by atoms with Crippen LogP contribution in [0.5, 0.6) is 0 Å². The Morgan fingerprint density at radius 1 is 1.15 bits per heavy atom. The van der Waals surface area contributed by atoms with Crippen LogP contribution in [-0.2, 0) is 6.54 Å². The number of amides is 1. The van der Waals surface area contributed by atoms with E-state index in [4.69, 9.17) is 21.0 Å². The van der Waals surface area contributed by atoms with Gasteiger partial charge in [-0.15, -0.1) is 0 Å². The van der Waals surface area contributed by atoms with E-state index < -0.39 is 0 Å². The van der Waals surface area contributed by atoms with Crippen molar-refractivity contribution in [3.8, 4) is 0 Å². The van der Waals surface area contributed by atoms with Gasteiger partial charge in [0.2, 0.25) is 0 Å². The van der Waals surface area contributed by atoms with E-state index in [1.807, 2.05) is 12.1 Å². The zero-order valence-electron chi connectivity index (χ0n) is 14.9. The third-order valence-electron chi connectivity index (χ3n) is 4.45. The van der Waals surface area contributed by atoms with E-state index >= 15 is 0 Å². The molecule has 0 aliphatic rings. The molecule has 0 aliphatic carbocycles. The number of hydrogen-bond acceptors (Lipinski definition) is 4. The van der Waals surface area contributed by atoms with Crippen LogP contribution in [0.1, 0.15) is 27.2 Å². The molecule has 0 unspecified atom stereocenters. The van der Waals surface area contributed by atoms with Gasteiger partial charge in [0.25, 0.3) is 5.91 Å². The lowest BCUT2D eigenvalue weighted by Crippen LogP contribution is -2.30. The van der Waals surface area contributed by atoms with Crippen molar-refractivity contribution in [1.29, 1.82) is 0 Å². The molecule has 27 heavy (non-hydrogen) atoms. The number of carbonyl (C=O) groups is 1. The van der Waals surface area contributed by atoms with Crippen molar-refractivity contribution in [2.75, 3.05) is 4.90 Å². The highest BCUT2D eigenvalue weighted by atomic mass is 35.5. The molecule has 0 saturated heterocycles. The van der Waals surface area contributed by atoms with Crippen molar-refractivity contribution in [3.63, 3.8) is 0 Å². The molecule has 0 fully saturated rings. The maximum Gasteiger partial charge on any atom is 0.260 e. The van der Waals surface area contributed by atoms with Gasteiger partial charge in [-0.2, -0.15) is 0 Å². The molecule has 136 valence electrons. The highest BCUT2D eigenvalue weighted by Gasteiger charge is 2.23. The number of halogens is 1. The Morgan fingerprint density at radius 3 is 2.59 bits per heavy atom. The predicted molar refractivity (Wildman–Crippen MR) is 110 cm³/mol. The van der Waals surface area contributed by atoms with Crippen LogP contribution in [-0.4, -0.2) is 10.9 Å². The molecular weight excluding hydrogens is 380 g/mol. The second-order valence-corrected chi connectivity index (χ2v) is 7.82. The molecule has 4 aromatic rings. The Labute approximate surface area is 166 Å². The Balaban J connectivity index is 1.77. The van der Waals surface area contributed by atoms with Crippen LogP contribution in [0.3, 0.4) is 0 Å². The Morgan fingerprint density at radius 2 is 1.89 bits per heavy atom. The third kappa shape index (κ3) is 3.61. The van der Waals surface area contributed by atoms with Gasteiger partial charge in [-0.1, -0.05) is 22.9 Å². The number of aryl methyl sites for hydroxylation is 2. The molecule has 6 heteroatoms. The molecule has 0 radical (unpaired) electrons. The molecule has 4 rings (SSSR count). The van der Waals surface area contributed by atoms with Crippen LogP contribution in [0, 0.1) is 13.8 Å². The number of nitrogens with zero attached hydrogens (tertiary/aromatic N) is 2. The molecule has 2 aromatic heterocycles. The summed E-state index contributed by atoms with van der Waals surface area (Å²) in [5, 5.41) is 1.24. The monoisotopic (exact) mass is 396 g/mol. The fourth-order valence-corrected chi connectivity index (χ4v) is 3.99. The van der Waals surface area contributed by atoms with E-state index in [2.05, 4.69) is 26.0 Å². The summed E-state index contributed by atoms with van der Waals surface area (Å²) in [4.78, 5) is 19.6. The van der Waals surface area contributed by atoms with Gasteiger partial charge >= 0.3 is 0 Å². The lowest BCUT2D eigenvalue weighted by molar-refractivity contribution is 0.0983. The van der Waals surface area contributed by atoms with E-state index in [0.717, 1.165) is 10.2 Å². The van der Waals surface area contributed by atoms with Crippen LogP contribution in [0.4, 0.5) is 5.13 Å². The highest BCUT2D eigenvalue weighted by molar-refractivity contribution is 7.22. The molecule has 4 nitrogen and oxygen atoms in total. The third-order valence-corrected chi connectivity index (χ3v) is 5.75. The summed E-state index contributed by atoms with van der Waals surface area (Å²) in [7, 11) is 0. The Kier molecular flexibility index (Phi) is 4.72. The maximum absolute atomic E-state index is 13.2. The summed E-state index contributed by atoms with van der Waals surface area (Å²) in [6.45, 7) is 4.45. The number of hydrogen-bond donors (Lipinski definition) is 0. The normalized spacial score (nSPS) is 11.1. The van der Waals surface area contributed by atoms with Crippen LogP contribution in [0.25, 0.3) is 10.2 Å². The number of thiazole rings is 1. The van der Waals surface area contributed by atoms with Crippen LogP contribution < -0.4 is 4.90 Å². The number of rotatable bonds is 4. The van der Waals surface area contributed by atoms with E-state index in [0.29, 0.717) is 28.0 Å². The van der Waals surface area contributed by atoms with E-state index in [1.54, 1.807) is 35.4 Å². The molecule has 0 saturated carbocycles. The summed E-state index contributed by atoms with van der Waals surface area (Å²) >= 11 is 7.46. The SMILES string of the molecule is Cc1cc2nc(N(Cc3ccco3)C(=O)c3ccc(Cl)cc3)sc2cc1C. The van der Waals surface area contributed by atoms with Gasteiger partial charge in [0.15, 0.2) is 5.13 Å². The van der Waals surface area contributed by atoms with Crippen molar-refractivity contribution in [3.05, 3.63) is 82.3 Å². The van der Waals surface area contributed by atoms with Crippen LogP contribution in [0.15, 0.2) is 59.2 Å². The van der Waals surface area contributed by atoms with Gasteiger partial charge < -0.3 is 4.42 Å². The number of fused-ring (bicyclic) bond motifs is 1. The molecule has 0 spiro atoms. The van der Waals surface area contributed by atoms with Crippen molar-refractivity contribution in [2.24, 2.45) is 0 Å². The smallest absolute Gasteiger partial charge is 0.260 e. The molecular formula is C21H17ClN2O2S. The molecule has 0 N–H and O–H groups in total. The number of anilines is 1. The summed E-state index contributed by atoms with van der Waals surface area (Å²) in [6, 6.07) is 14.7. The summed E-state index contributed by atoms with van der Waals surface area (Å²) < 4.78 is 6.52. The molecule has 0 aliphatic heterocycles. The second-order valence-electron chi connectivity index (χ2n) is 6.38. The predicted octanol–water partition coefficient (Wildman–Crippen LogP) is 6.01. The fourth-order valence-electron chi connectivity index (χ4n) is 2.82. The first-order valence-electron chi connectivity index (χ1n) is 8.49. The summed E-state index contributed by atoms with van der Waals surface area (Å²) in [5.41, 5.74) is 3.84.